The summed E-state index contributed by atoms with van der Waals surface area (Å²) in [6.45, 7) is 2.02. The van der Waals surface area contributed by atoms with Gasteiger partial charge in [0.25, 0.3) is 0 Å². The number of thiophene rings is 1. The SMILES string of the molecule is Cc1cncc(-c2ccc3[nH]nc(-c4nc5nccc(-c6ccc(F)s6)c5[nH]4)c3c2)c1. The molecule has 0 aliphatic heterocycles. The fourth-order valence-electron chi connectivity index (χ4n) is 3.77. The van der Waals surface area contributed by atoms with Crippen molar-refractivity contribution >= 4 is 33.4 Å². The summed E-state index contributed by atoms with van der Waals surface area (Å²) in [4.78, 5) is 17.5. The van der Waals surface area contributed by atoms with E-state index in [1.165, 1.54) is 6.07 Å². The van der Waals surface area contributed by atoms with Gasteiger partial charge in [0.15, 0.2) is 16.6 Å². The van der Waals surface area contributed by atoms with Crippen molar-refractivity contribution in [3.8, 4) is 33.1 Å². The predicted octanol–water partition coefficient (Wildman–Crippen LogP) is 5.74. The number of rotatable bonds is 3. The molecule has 31 heavy (non-hydrogen) atoms. The summed E-state index contributed by atoms with van der Waals surface area (Å²) in [5.41, 5.74) is 7.01. The van der Waals surface area contributed by atoms with Crippen LogP contribution in [0.3, 0.4) is 0 Å². The summed E-state index contributed by atoms with van der Waals surface area (Å²) in [5, 5.41) is 8.30. The van der Waals surface area contributed by atoms with E-state index in [1.54, 1.807) is 12.3 Å². The van der Waals surface area contributed by atoms with Gasteiger partial charge in [-0.05, 0) is 54.4 Å². The Kier molecular flexibility index (Phi) is 3.94. The zero-order chi connectivity index (χ0) is 20.9. The van der Waals surface area contributed by atoms with Crippen LogP contribution in [0, 0.1) is 12.1 Å². The van der Waals surface area contributed by atoms with Crippen LogP contribution < -0.4 is 0 Å². The van der Waals surface area contributed by atoms with Crippen molar-refractivity contribution in [2.75, 3.05) is 0 Å². The zero-order valence-corrected chi connectivity index (χ0v) is 17.2. The van der Waals surface area contributed by atoms with Gasteiger partial charge in [0.1, 0.15) is 5.69 Å². The van der Waals surface area contributed by atoms with Crippen LogP contribution in [0.5, 0.6) is 0 Å². The fraction of sp³-hybridized carbons (Fsp3) is 0.0435. The molecule has 0 amide bonds. The molecule has 0 spiro atoms. The zero-order valence-electron chi connectivity index (χ0n) is 16.3. The first-order valence-electron chi connectivity index (χ1n) is 9.67. The Labute approximate surface area is 179 Å². The Balaban J connectivity index is 1.51. The molecule has 6 aromatic rings. The van der Waals surface area contributed by atoms with Crippen molar-refractivity contribution in [2.24, 2.45) is 0 Å². The van der Waals surface area contributed by atoms with Gasteiger partial charge in [0.05, 0.1) is 11.0 Å². The first kappa shape index (κ1) is 17.9. The summed E-state index contributed by atoms with van der Waals surface area (Å²) in [5.74, 6) is 0.609. The Morgan fingerprint density at radius 3 is 2.77 bits per heavy atom. The molecule has 0 radical (unpaired) electrons. The third-order valence-electron chi connectivity index (χ3n) is 5.23. The lowest BCUT2D eigenvalue weighted by molar-refractivity contribution is 0.657. The smallest absolute Gasteiger partial charge is 0.178 e. The maximum atomic E-state index is 13.6. The van der Waals surface area contributed by atoms with Gasteiger partial charge in [0, 0.05) is 40.0 Å². The van der Waals surface area contributed by atoms with Crippen molar-refractivity contribution in [2.45, 2.75) is 6.92 Å². The lowest BCUT2D eigenvalue weighted by atomic mass is 10.0. The number of aryl methyl sites for hydroxylation is 1. The first-order chi connectivity index (χ1) is 15.2. The van der Waals surface area contributed by atoms with E-state index in [-0.39, 0.29) is 5.13 Å². The van der Waals surface area contributed by atoms with E-state index in [4.69, 9.17) is 0 Å². The topological polar surface area (TPSA) is 83.1 Å². The van der Waals surface area contributed by atoms with Gasteiger partial charge in [-0.1, -0.05) is 6.07 Å². The fourth-order valence-corrected chi connectivity index (χ4v) is 4.54. The van der Waals surface area contributed by atoms with Gasteiger partial charge in [0.2, 0.25) is 0 Å². The highest BCUT2D eigenvalue weighted by atomic mass is 32.1. The van der Waals surface area contributed by atoms with Gasteiger partial charge in [-0.2, -0.15) is 9.49 Å². The van der Waals surface area contributed by atoms with Crippen molar-refractivity contribution in [1.29, 1.82) is 0 Å². The Morgan fingerprint density at radius 1 is 1.00 bits per heavy atom. The van der Waals surface area contributed by atoms with Crippen LogP contribution in [0.4, 0.5) is 4.39 Å². The van der Waals surface area contributed by atoms with Crippen molar-refractivity contribution in [3.05, 3.63) is 71.7 Å². The number of aromatic amines is 2. The predicted molar refractivity (Wildman–Crippen MR) is 120 cm³/mol. The number of hydrogen-bond acceptors (Lipinski definition) is 5. The first-order valence-corrected chi connectivity index (χ1v) is 10.5. The summed E-state index contributed by atoms with van der Waals surface area (Å²) in [6.07, 6.45) is 5.38. The Bertz CT molecular complexity index is 1580. The molecule has 0 fully saturated rings. The highest BCUT2D eigenvalue weighted by molar-refractivity contribution is 7.14. The lowest BCUT2D eigenvalue weighted by Gasteiger charge is -2.03. The minimum absolute atomic E-state index is 0.226. The number of hydrogen-bond donors (Lipinski definition) is 2. The van der Waals surface area contributed by atoms with Crippen LogP contribution in [0.15, 0.2) is 61.1 Å². The summed E-state index contributed by atoms with van der Waals surface area (Å²) in [6, 6.07) is 13.3. The summed E-state index contributed by atoms with van der Waals surface area (Å²) < 4.78 is 13.6. The molecule has 0 bridgehead atoms. The molecule has 0 aliphatic carbocycles. The quantitative estimate of drug-likeness (QED) is 0.378. The number of H-pyrrole nitrogens is 2. The minimum Gasteiger partial charge on any atom is -0.335 e. The van der Waals surface area contributed by atoms with Gasteiger partial charge in [-0.25, -0.2) is 9.97 Å². The van der Waals surface area contributed by atoms with E-state index in [9.17, 15) is 4.39 Å². The van der Waals surface area contributed by atoms with Crippen LogP contribution in [0.25, 0.3) is 55.2 Å². The van der Waals surface area contributed by atoms with Gasteiger partial charge >= 0.3 is 0 Å². The highest BCUT2D eigenvalue weighted by Gasteiger charge is 2.17. The second kappa shape index (κ2) is 6.82. The van der Waals surface area contributed by atoms with E-state index in [1.807, 2.05) is 37.5 Å². The molecule has 0 unspecified atom stereocenters. The van der Waals surface area contributed by atoms with E-state index >= 15 is 0 Å². The van der Waals surface area contributed by atoms with Crippen LogP contribution in [0.2, 0.25) is 0 Å². The molecule has 2 N–H and O–H groups in total. The van der Waals surface area contributed by atoms with Gasteiger partial charge in [-0.3, -0.25) is 10.1 Å². The molecule has 0 atom stereocenters. The molecule has 6 nitrogen and oxygen atoms in total. The van der Waals surface area contributed by atoms with Gasteiger partial charge < -0.3 is 4.98 Å². The largest absolute Gasteiger partial charge is 0.335 e. The second-order valence-corrected chi connectivity index (χ2v) is 8.36. The number of benzene rings is 1. The molecule has 8 heteroatoms. The number of pyridine rings is 2. The molecule has 0 saturated heterocycles. The van der Waals surface area contributed by atoms with Crippen LogP contribution in [-0.2, 0) is 0 Å². The molecular weight excluding hydrogens is 411 g/mol. The summed E-state index contributed by atoms with van der Waals surface area (Å²) >= 11 is 1.10. The molecule has 1 aromatic carbocycles. The average molecular weight is 426 g/mol. The van der Waals surface area contributed by atoms with Gasteiger partial charge in [-0.15, -0.1) is 11.3 Å². The third-order valence-corrected chi connectivity index (χ3v) is 6.13. The third kappa shape index (κ3) is 3.00. The minimum atomic E-state index is -0.226. The Hall–Kier alpha value is -3.91. The van der Waals surface area contributed by atoms with E-state index in [0.29, 0.717) is 17.2 Å². The molecule has 5 heterocycles. The summed E-state index contributed by atoms with van der Waals surface area (Å²) in [7, 11) is 0. The van der Waals surface area contributed by atoms with Crippen LogP contribution in [0.1, 0.15) is 5.56 Å². The second-order valence-electron chi connectivity index (χ2n) is 7.33. The van der Waals surface area contributed by atoms with Crippen molar-refractivity contribution in [3.63, 3.8) is 0 Å². The molecular formula is C23H15FN6S. The maximum absolute atomic E-state index is 13.6. The monoisotopic (exact) mass is 426 g/mol. The Morgan fingerprint density at radius 2 is 1.94 bits per heavy atom. The lowest BCUT2D eigenvalue weighted by Crippen LogP contribution is -1.84. The molecule has 5 aromatic heterocycles. The van der Waals surface area contributed by atoms with E-state index in [0.717, 1.165) is 54.9 Å². The number of imidazole rings is 1. The van der Waals surface area contributed by atoms with Crippen molar-refractivity contribution in [1.82, 2.24) is 30.1 Å². The van der Waals surface area contributed by atoms with E-state index < -0.39 is 0 Å². The van der Waals surface area contributed by atoms with Crippen LogP contribution in [-0.4, -0.2) is 30.1 Å². The number of aromatic nitrogens is 6. The normalized spacial score (nSPS) is 11.5. The highest BCUT2D eigenvalue weighted by Crippen LogP contribution is 2.34. The number of nitrogens with zero attached hydrogens (tertiary/aromatic N) is 4. The van der Waals surface area contributed by atoms with Crippen molar-refractivity contribution < 1.29 is 4.39 Å². The number of fused-ring (bicyclic) bond motifs is 2. The molecule has 6 rings (SSSR count). The number of nitrogens with one attached hydrogen (secondary N) is 2. The maximum Gasteiger partial charge on any atom is 0.178 e. The van der Waals surface area contributed by atoms with Crippen LogP contribution >= 0.6 is 11.3 Å². The molecule has 150 valence electrons. The van der Waals surface area contributed by atoms with E-state index in [2.05, 4.69) is 42.3 Å². The number of halogens is 1. The standard InChI is InChI=1S/C23H15FN6S/c1-12-8-14(11-25-10-12)13-2-3-17-16(9-13)21(30-29-17)23-27-20-15(6-7-26-22(20)28-23)18-4-5-19(24)31-18/h2-11H,1H3,(H,29,30)(H,26,27,28). The average Bonchev–Trinajstić information content (AvgIpc) is 3.50. The molecule has 0 saturated carbocycles. The molecule has 0 aliphatic rings.